The number of halogens is 2. The Bertz CT molecular complexity index is 698. The monoisotopic (exact) mass is 393 g/mol. The van der Waals surface area contributed by atoms with E-state index in [1.54, 1.807) is 40.0 Å². The molecule has 24 heavy (non-hydrogen) atoms. The fourth-order valence-corrected chi connectivity index (χ4v) is 3.50. The van der Waals surface area contributed by atoms with Crippen molar-refractivity contribution in [2.45, 2.75) is 38.5 Å². The van der Waals surface area contributed by atoms with E-state index >= 15 is 0 Å². The molecule has 5 nitrogen and oxygen atoms in total. The maximum Gasteiger partial charge on any atom is 0.191 e. The Hall–Kier alpha value is -0.980. The molecule has 1 rings (SSSR count). The molecule has 1 aromatic carbocycles. The van der Waals surface area contributed by atoms with Gasteiger partial charge in [0.2, 0.25) is 0 Å². The summed E-state index contributed by atoms with van der Waals surface area (Å²) in [6.07, 6.45) is 0. The van der Waals surface area contributed by atoms with Crippen LogP contribution in [0, 0.1) is 0 Å². The molecule has 0 amide bonds. The summed E-state index contributed by atoms with van der Waals surface area (Å²) in [4.78, 5) is 4.11. The van der Waals surface area contributed by atoms with E-state index in [0.717, 1.165) is 5.56 Å². The van der Waals surface area contributed by atoms with Crippen molar-refractivity contribution < 1.29 is 8.42 Å². The molecule has 0 aliphatic heterocycles. The molecule has 2 N–H and O–H groups in total. The van der Waals surface area contributed by atoms with Gasteiger partial charge in [0.05, 0.1) is 16.5 Å². The Morgan fingerprint density at radius 2 is 1.92 bits per heavy atom. The Balaban J connectivity index is 2.66. The lowest BCUT2D eigenvalue weighted by molar-refractivity contribution is 0.558. The summed E-state index contributed by atoms with van der Waals surface area (Å²) in [5, 5.41) is 7.34. The molecule has 0 spiro atoms. The van der Waals surface area contributed by atoms with Gasteiger partial charge in [-0.05, 0) is 45.4 Å². The molecule has 136 valence electrons. The van der Waals surface area contributed by atoms with Crippen molar-refractivity contribution in [1.82, 2.24) is 10.6 Å². The second-order valence-electron chi connectivity index (χ2n) is 6.46. The van der Waals surface area contributed by atoms with Crippen molar-refractivity contribution in [2.75, 3.05) is 19.3 Å². The number of nitrogens with one attached hydrogen (secondary N) is 2. The minimum atomic E-state index is -3.17. The number of aliphatic imine (C=N–C) groups is 1. The first kappa shape index (κ1) is 21.1. The summed E-state index contributed by atoms with van der Waals surface area (Å²) >= 11 is 12.1. The minimum absolute atomic E-state index is 0.0350. The number of benzene rings is 1. The predicted molar refractivity (Wildman–Crippen MR) is 103 cm³/mol. The Labute approximate surface area is 154 Å². The van der Waals surface area contributed by atoms with E-state index < -0.39 is 14.6 Å². The minimum Gasteiger partial charge on any atom is -0.355 e. The maximum absolute atomic E-state index is 12.1. The van der Waals surface area contributed by atoms with E-state index in [0.29, 0.717) is 16.0 Å². The van der Waals surface area contributed by atoms with Crippen LogP contribution < -0.4 is 10.6 Å². The summed E-state index contributed by atoms with van der Waals surface area (Å²) < 4.78 is 23.5. The number of nitrogens with zero attached hydrogens (tertiary/aromatic N) is 1. The maximum atomic E-state index is 12.1. The molecule has 0 saturated heterocycles. The number of guanidine groups is 1. The molecule has 0 radical (unpaired) electrons. The zero-order valence-electron chi connectivity index (χ0n) is 14.7. The highest BCUT2D eigenvalue weighted by molar-refractivity contribution is 7.92. The van der Waals surface area contributed by atoms with Gasteiger partial charge in [-0.3, -0.25) is 4.99 Å². The lowest BCUT2D eigenvalue weighted by Gasteiger charge is -2.21. The van der Waals surface area contributed by atoms with Crippen LogP contribution in [0.2, 0.25) is 10.0 Å². The molecule has 0 heterocycles. The van der Waals surface area contributed by atoms with Gasteiger partial charge in [-0.1, -0.05) is 29.3 Å². The standard InChI is InChI=1S/C16H25Cl2N3O2S/c1-11(13-7-6-12(17)10-14(13)18)21-15(19-5)20-8-9-24(22,23)16(2,3)4/h6-7,10-11H,8-9H2,1-5H3,(H2,19,20,21). The van der Waals surface area contributed by atoms with Gasteiger partial charge < -0.3 is 10.6 Å². The van der Waals surface area contributed by atoms with E-state index in [-0.39, 0.29) is 18.3 Å². The highest BCUT2D eigenvalue weighted by Gasteiger charge is 2.28. The predicted octanol–water partition coefficient (Wildman–Crippen LogP) is 3.43. The number of hydrogen-bond donors (Lipinski definition) is 2. The van der Waals surface area contributed by atoms with Gasteiger partial charge in [-0.15, -0.1) is 0 Å². The molecule has 0 aliphatic rings. The molecule has 1 unspecified atom stereocenters. The van der Waals surface area contributed by atoms with Crippen molar-refractivity contribution in [3.63, 3.8) is 0 Å². The Morgan fingerprint density at radius 3 is 2.42 bits per heavy atom. The van der Waals surface area contributed by atoms with E-state index in [2.05, 4.69) is 15.6 Å². The molecular weight excluding hydrogens is 369 g/mol. The van der Waals surface area contributed by atoms with E-state index in [4.69, 9.17) is 23.2 Å². The smallest absolute Gasteiger partial charge is 0.191 e. The molecule has 0 fully saturated rings. The van der Waals surface area contributed by atoms with E-state index in [1.165, 1.54) is 0 Å². The number of sulfone groups is 1. The third-order valence-corrected chi connectivity index (χ3v) is 6.77. The molecule has 0 aliphatic carbocycles. The van der Waals surface area contributed by atoms with Crippen LogP contribution in [0.5, 0.6) is 0 Å². The molecule has 0 saturated carbocycles. The van der Waals surface area contributed by atoms with Crippen LogP contribution in [-0.2, 0) is 9.84 Å². The third kappa shape index (κ3) is 5.83. The fraction of sp³-hybridized carbons (Fsp3) is 0.562. The zero-order valence-corrected chi connectivity index (χ0v) is 17.0. The average Bonchev–Trinajstić information content (AvgIpc) is 2.44. The van der Waals surface area contributed by atoms with Gasteiger partial charge >= 0.3 is 0 Å². The van der Waals surface area contributed by atoms with Gasteiger partial charge in [0.25, 0.3) is 0 Å². The van der Waals surface area contributed by atoms with Crippen molar-refractivity contribution in [1.29, 1.82) is 0 Å². The summed E-state index contributed by atoms with van der Waals surface area (Å²) in [7, 11) is -1.55. The van der Waals surface area contributed by atoms with Gasteiger partial charge in [0.1, 0.15) is 0 Å². The van der Waals surface area contributed by atoms with Crippen LogP contribution in [0.25, 0.3) is 0 Å². The topological polar surface area (TPSA) is 70.6 Å². The lowest BCUT2D eigenvalue weighted by Crippen LogP contribution is -2.42. The van der Waals surface area contributed by atoms with Crippen molar-refractivity contribution >= 4 is 39.0 Å². The van der Waals surface area contributed by atoms with Crippen LogP contribution in [0.4, 0.5) is 0 Å². The summed E-state index contributed by atoms with van der Waals surface area (Å²) in [5.74, 6) is 0.547. The normalized spacial score (nSPS) is 14.4. The molecule has 0 aromatic heterocycles. The molecular formula is C16H25Cl2N3O2S. The van der Waals surface area contributed by atoms with Crippen LogP contribution in [0.15, 0.2) is 23.2 Å². The number of hydrogen-bond acceptors (Lipinski definition) is 3. The Kier molecular flexibility index (Phi) is 7.38. The lowest BCUT2D eigenvalue weighted by atomic mass is 10.1. The summed E-state index contributed by atoms with van der Waals surface area (Å²) in [6.45, 7) is 7.30. The molecule has 0 bridgehead atoms. The van der Waals surface area contributed by atoms with Crippen molar-refractivity contribution in [3.8, 4) is 0 Å². The highest BCUT2D eigenvalue weighted by atomic mass is 35.5. The largest absolute Gasteiger partial charge is 0.355 e. The third-order valence-electron chi connectivity index (χ3n) is 3.60. The first-order valence-electron chi connectivity index (χ1n) is 7.62. The fourth-order valence-electron chi connectivity index (χ4n) is 1.94. The van der Waals surface area contributed by atoms with Gasteiger partial charge in [0, 0.05) is 23.6 Å². The van der Waals surface area contributed by atoms with E-state index in [9.17, 15) is 8.42 Å². The van der Waals surface area contributed by atoms with Crippen molar-refractivity contribution in [2.24, 2.45) is 4.99 Å². The van der Waals surface area contributed by atoms with Gasteiger partial charge in [-0.2, -0.15) is 0 Å². The molecule has 8 heteroatoms. The van der Waals surface area contributed by atoms with Crippen LogP contribution in [0.3, 0.4) is 0 Å². The quantitative estimate of drug-likeness (QED) is 0.593. The van der Waals surface area contributed by atoms with Crippen LogP contribution in [0.1, 0.15) is 39.3 Å². The van der Waals surface area contributed by atoms with E-state index in [1.807, 2.05) is 13.0 Å². The Morgan fingerprint density at radius 1 is 1.29 bits per heavy atom. The van der Waals surface area contributed by atoms with Crippen LogP contribution >= 0.6 is 23.2 Å². The van der Waals surface area contributed by atoms with Gasteiger partial charge in [0.15, 0.2) is 15.8 Å². The van der Waals surface area contributed by atoms with Crippen molar-refractivity contribution in [3.05, 3.63) is 33.8 Å². The SMILES string of the molecule is CN=C(NCCS(=O)(=O)C(C)(C)C)NC(C)c1ccc(Cl)cc1Cl. The first-order valence-corrected chi connectivity index (χ1v) is 10.0. The first-order chi connectivity index (χ1) is 11.0. The average molecular weight is 394 g/mol. The number of rotatable bonds is 5. The van der Waals surface area contributed by atoms with Crippen LogP contribution in [-0.4, -0.2) is 38.5 Å². The summed E-state index contributed by atoms with van der Waals surface area (Å²) in [5.41, 5.74) is 0.881. The molecule has 1 aromatic rings. The highest BCUT2D eigenvalue weighted by Crippen LogP contribution is 2.26. The summed E-state index contributed by atoms with van der Waals surface area (Å²) in [6, 6.07) is 5.19. The second-order valence-corrected chi connectivity index (χ2v) is 10.2. The molecule has 1 atom stereocenters. The van der Waals surface area contributed by atoms with Gasteiger partial charge in [-0.25, -0.2) is 8.42 Å². The zero-order chi connectivity index (χ0) is 18.5. The second kappa shape index (κ2) is 8.41.